The highest BCUT2D eigenvalue weighted by atomic mass is 19.4. The summed E-state index contributed by atoms with van der Waals surface area (Å²) in [5, 5.41) is 7.31. The van der Waals surface area contributed by atoms with Gasteiger partial charge in [-0.3, -0.25) is 9.59 Å². The highest BCUT2D eigenvalue weighted by molar-refractivity contribution is 6.03. The van der Waals surface area contributed by atoms with E-state index in [-0.39, 0.29) is 29.9 Å². The largest absolute Gasteiger partial charge is 0.433 e. The summed E-state index contributed by atoms with van der Waals surface area (Å²) < 4.78 is 118. The molecule has 0 unspecified atom stereocenters. The zero-order valence-corrected chi connectivity index (χ0v) is 20.8. The maximum atomic E-state index is 13.3. The summed E-state index contributed by atoms with van der Waals surface area (Å²) in [6, 6.07) is 7.24. The highest BCUT2D eigenvalue weighted by Gasteiger charge is 2.37. The van der Waals surface area contributed by atoms with Crippen molar-refractivity contribution in [1.82, 2.24) is 10.3 Å². The number of carbonyl (C=O) groups is 2. The molecular formula is C26H21F9N4O2. The van der Waals surface area contributed by atoms with Gasteiger partial charge in [0.25, 0.3) is 0 Å². The molecule has 3 aromatic rings. The number of rotatable bonds is 9. The minimum atomic E-state index is -4.98. The van der Waals surface area contributed by atoms with E-state index in [0.717, 1.165) is 42.5 Å². The van der Waals surface area contributed by atoms with Gasteiger partial charge in [-0.05, 0) is 49.2 Å². The Hall–Kier alpha value is -4.30. The van der Waals surface area contributed by atoms with Crippen LogP contribution in [0.4, 0.5) is 50.9 Å². The van der Waals surface area contributed by atoms with Gasteiger partial charge in [-0.25, -0.2) is 4.98 Å². The summed E-state index contributed by atoms with van der Waals surface area (Å²) in [6.45, 7) is 0.169. The Labute approximate surface area is 226 Å². The van der Waals surface area contributed by atoms with Crippen LogP contribution in [0.15, 0.2) is 60.7 Å². The van der Waals surface area contributed by atoms with Gasteiger partial charge in [-0.1, -0.05) is 12.1 Å². The summed E-state index contributed by atoms with van der Waals surface area (Å²) in [7, 11) is 0. The van der Waals surface area contributed by atoms with E-state index < -0.39 is 52.7 Å². The van der Waals surface area contributed by atoms with Gasteiger partial charge in [0.2, 0.25) is 11.8 Å². The van der Waals surface area contributed by atoms with Crippen LogP contribution in [0.1, 0.15) is 29.7 Å². The van der Waals surface area contributed by atoms with Gasteiger partial charge in [0.1, 0.15) is 5.69 Å². The third kappa shape index (κ3) is 8.85. The molecule has 6 nitrogen and oxygen atoms in total. The average molecular weight is 592 g/mol. The molecule has 1 aromatic heterocycles. The zero-order valence-electron chi connectivity index (χ0n) is 20.8. The topological polar surface area (TPSA) is 83.1 Å². The molecule has 0 aliphatic rings. The number of unbranched alkanes of at least 4 members (excludes halogenated alkanes) is 1. The number of alkyl halides is 9. The van der Waals surface area contributed by atoms with E-state index in [4.69, 9.17) is 0 Å². The van der Waals surface area contributed by atoms with Crippen LogP contribution >= 0.6 is 0 Å². The molecule has 0 radical (unpaired) electrons. The smallest absolute Gasteiger partial charge is 0.384 e. The summed E-state index contributed by atoms with van der Waals surface area (Å²) in [5.74, 6) is -1.42. The molecule has 0 spiro atoms. The molecule has 41 heavy (non-hydrogen) atoms. The molecule has 15 heteroatoms. The number of amides is 2. The van der Waals surface area contributed by atoms with E-state index in [1.54, 1.807) is 0 Å². The van der Waals surface area contributed by atoms with Gasteiger partial charge < -0.3 is 16.0 Å². The fraction of sp³-hybridized carbons (Fsp3) is 0.269. The molecule has 2 amide bonds. The molecule has 0 saturated carbocycles. The lowest BCUT2D eigenvalue weighted by molar-refractivity contribution is -0.142. The number of nitrogens with zero attached hydrogens (tertiary/aromatic N) is 1. The fourth-order valence-corrected chi connectivity index (χ4v) is 3.59. The van der Waals surface area contributed by atoms with Crippen molar-refractivity contribution in [2.45, 2.75) is 31.4 Å². The van der Waals surface area contributed by atoms with E-state index in [1.807, 2.05) is 0 Å². The van der Waals surface area contributed by atoms with Crippen molar-refractivity contribution in [2.24, 2.45) is 0 Å². The zero-order chi connectivity index (χ0) is 30.4. The van der Waals surface area contributed by atoms with Crippen LogP contribution in [0.3, 0.4) is 0 Å². The van der Waals surface area contributed by atoms with Crippen molar-refractivity contribution in [3.05, 3.63) is 77.5 Å². The van der Waals surface area contributed by atoms with Gasteiger partial charge in [-0.2, -0.15) is 39.5 Å². The summed E-state index contributed by atoms with van der Waals surface area (Å²) in [5.41, 5.74) is -4.60. The van der Waals surface area contributed by atoms with E-state index >= 15 is 0 Å². The molecule has 1 heterocycles. The molecule has 0 fully saturated rings. The quantitative estimate of drug-likeness (QED) is 0.145. The minimum Gasteiger partial charge on any atom is -0.384 e. The van der Waals surface area contributed by atoms with Gasteiger partial charge in [0, 0.05) is 42.0 Å². The van der Waals surface area contributed by atoms with Crippen LogP contribution in [0.25, 0.3) is 10.9 Å². The van der Waals surface area contributed by atoms with E-state index in [9.17, 15) is 49.1 Å². The molecule has 0 atom stereocenters. The molecule has 2 aromatic carbocycles. The Morgan fingerprint density at radius 1 is 0.756 bits per heavy atom. The lowest BCUT2D eigenvalue weighted by Gasteiger charge is -2.16. The van der Waals surface area contributed by atoms with Crippen molar-refractivity contribution < 1.29 is 49.1 Å². The van der Waals surface area contributed by atoms with Crippen molar-refractivity contribution in [2.75, 3.05) is 23.7 Å². The predicted octanol–water partition coefficient (Wildman–Crippen LogP) is 6.79. The van der Waals surface area contributed by atoms with E-state index in [0.29, 0.717) is 25.0 Å². The second-order valence-electron chi connectivity index (χ2n) is 8.57. The molecule has 0 aliphatic heterocycles. The minimum absolute atomic E-state index is 0.0634. The lowest BCUT2D eigenvalue weighted by Crippen LogP contribution is -2.23. The molecule has 220 valence electrons. The number of halogens is 9. The number of benzene rings is 2. The Balaban J connectivity index is 1.49. The van der Waals surface area contributed by atoms with Crippen LogP contribution in [0.2, 0.25) is 0 Å². The summed E-state index contributed by atoms with van der Waals surface area (Å²) in [4.78, 5) is 26.9. The van der Waals surface area contributed by atoms with Gasteiger partial charge in [-0.15, -0.1) is 0 Å². The maximum Gasteiger partial charge on any atom is 0.433 e. The Bertz CT molecular complexity index is 1410. The summed E-state index contributed by atoms with van der Waals surface area (Å²) >= 11 is 0. The lowest BCUT2D eigenvalue weighted by atomic mass is 10.1. The number of hydrogen-bond acceptors (Lipinski definition) is 4. The number of hydrogen-bond donors (Lipinski definition) is 3. The second kappa shape index (κ2) is 12.5. The van der Waals surface area contributed by atoms with Gasteiger partial charge in [0.05, 0.1) is 16.6 Å². The number of para-hydroxylation sites is 1. The number of aromatic nitrogens is 1. The number of nitrogens with one attached hydrogen (secondary N) is 3. The average Bonchev–Trinajstić information content (AvgIpc) is 2.87. The first-order valence-electron chi connectivity index (χ1n) is 11.8. The molecule has 3 N–H and O–H groups in total. The number of carbonyl (C=O) groups excluding carboxylic acids is 2. The van der Waals surface area contributed by atoms with Crippen molar-refractivity contribution in [3.63, 3.8) is 0 Å². The number of anilines is 2. The fourth-order valence-electron chi connectivity index (χ4n) is 3.59. The van der Waals surface area contributed by atoms with Crippen LogP contribution < -0.4 is 16.0 Å². The third-order valence-corrected chi connectivity index (χ3v) is 5.52. The first-order chi connectivity index (χ1) is 19.1. The van der Waals surface area contributed by atoms with Crippen molar-refractivity contribution in [3.8, 4) is 0 Å². The van der Waals surface area contributed by atoms with Crippen molar-refractivity contribution in [1.29, 1.82) is 0 Å². The molecule has 0 saturated heterocycles. The maximum absolute atomic E-state index is 13.3. The molecule has 0 aliphatic carbocycles. The van der Waals surface area contributed by atoms with Gasteiger partial charge in [0.15, 0.2) is 0 Å². The standard InChI is InChI=1S/C26H21F9N4O2/c27-24(28,29)15-6-8-16(9-7-15)38-22(41)11-10-21(40)37-13-2-1-12-36-19-14-20(26(33,34)35)39-23-17(19)4-3-5-18(23)25(30,31)32/h3-11,14H,1-2,12-13H2,(H,36,39)(H,37,40)(H,38,41)/b11-10+. The Morgan fingerprint density at radius 2 is 1.39 bits per heavy atom. The molecule has 3 rings (SSSR count). The monoisotopic (exact) mass is 592 g/mol. The Morgan fingerprint density at radius 3 is 2.00 bits per heavy atom. The first-order valence-corrected chi connectivity index (χ1v) is 11.8. The van der Waals surface area contributed by atoms with Crippen molar-refractivity contribution >= 4 is 34.1 Å². The van der Waals surface area contributed by atoms with E-state index in [2.05, 4.69) is 20.9 Å². The third-order valence-electron chi connectivity index (χ3n) is 5.52. The van der Waals surface area contributed by atoms with Crippen LogP contribution in [0.5, 0.6) is 0 Å². The second-order valence-corrected chi connectivity index (χ2v) is 8.57. The molecule has 0 bridgehead atoms. The number of fused-ring (bicyclic) bond motifs is 1. The summed E-state index contributed by atoms with van der Waals surface area (Å²) in [6.07, 6.45) is -12.0. The highest BCUT2D eigenvalue weighted by Crippen LogP contribution is 2.39. The van der Waals surface area contributed by atoms with Crippen LogP contribution in [-0.2, 0) is 28.1 Å². The van der Waals surface area contributed by atoms with E-state index in [1.165, 1.54) is 6.07 Å². The number of pyridine rings is 1. The van der Waals surface area contributed by atoms with Gasteiger partial charge >= 0.3 is 18.5 Å². The Kier molecular flexibility index (Phi) is 9.50. The van der Waals surface area contributed by atoms with Crippen LogP contribution in [0, 0.1) is 0 Å². The van der Waals surface area contributed by atoms with Crippen LogP contribution in [-0.4, -0.2) is 29.9 Å². The predicted molar refractivity (Wildman–Crippen MR) is 132 cm³/mol. The normalized spacial score (nSPS) is 12.5. The first kappa shape index (κ1) is 31.2. The molecular weight excluding hydrogens is 571 g/mol. The SMILES string of the molecule is O=C(/C=C/C(=O)Nc1ccc(C(F)(F)F)cc1)NCCCCNc1cc(C(F)(F)F)nc2c(C(F)(F)F)cccc12.